The summed E-state index contributed by atoms with van der Waals surface area (Å²) in [5, 5.41) is 12.1. The van der Waals surface area contributed by atoms with Gasteiger partial charge in [0.15, 0.2) is 0 Å². The van der Waals surface area contributed by atoms with E-state index in [1.165, 1.54) is 5.56 Å². The van der Waals surface area contributed by atoms with Crippen molar-refractivity contribution in [1.29, 1.82) is 0 Å². The summed E-state index contributed by atoms with van der Waals surface area (Å²) in [6.07, 6.45) is 1.91. The van der Waals surface area contributed by atoms with Gasteiger partial charge in [-0.1, -0.05) is 18.2 Å². The summed E-state index contributed by atoms with van der Waals surface area (Å²) >= 11 is 0. The lowest BCUT2D eigenvalue weighted by atomic mass is 10.0. The first kappa shape index (κ1) is 11.4. The summed E-state index contributed by atoms with van der Waals surface area (Å²) in [5.74, 6) is 1.51. The van der Waals surface area contributed by atoms with Gasteiger partial charge in [-0.3, -0.25) is 0 Å². The molecule has 0 aliphatic carbocycles. The minimum Gasteiger partial charge on any atom is -0.493 e. The number of unbranched alkanes of at least 4 members (excludes halogenated alkanes) is 1. The van der Waals surface area contributed by atoms with Crippen LogP contribution in [0.1, 0.15) is 24.3 Å². The molecule has 0 bridgehead atoms. The van der Waals surface area contributed by atoms with Crippen molar-refractivity contribution in [3.05, 3.63) is 29.8 Å². The molecule has 1 aliphatic heterocycles. The Hall–Kier alpha value is -1.06. The van der Waals surface area contributed by atoms with Gasteiger partial charge in [-0.15, -0.1) is 0 Å². The van der Waals surface area contributed by atoms with Crippen LogP contribution in [0.5, 0.6) is 5.75 Å². The third-order valence-corrected chi connectivity index (χ3v) is 2.95. The van der Waals surface area contributed by atoms with Crippen LogP contribution in [0.3, 0.4) is 0 Å². The van der Waals surface area contributed by atoms with Gasteiger partial charge in [0.05, 0.1) is 6.61 Å². The number of aliphatic hydroxyl groups is 1. The van der Waals surface area contributed by atoms with Crippen LogP contribution in [-0.4, -0.2) is 31.4 Å². The Balaban J connectivity index is 1.76. The molecule has 0 saturated heterocycles. The molecule has 1 aromatic rings. The molecule has 0 saturated carbocycles. The fraction of sp³-hybridized carbons (Fsp3) is 0.538. The molecule has 0 aromatic heterocycles. The quantitative estimate of drug-likeness (QED) is 0.716. The molecular formula is C13H19NO2. The maximum atomic E-state index is 8.66. The lowest BCUT2D eigenvalue weighted by molar-refractivity contribution is 0.282. The van der Waals surface area contributed by atoms with Crippen molar-refractivity contribution in [3.8, 4) is 5.75 Å². The van der Waals surface area contributed by atoms with Crippen molar-refractivity contribution in [2.75, 3.05) is 26.3 Å². The number of nitrogens with one attached hydrogen (secondary N) is 1. The van der Waals surface area contributed by atoms with Crippen molar-refractivity contribution in [3.63, 3.8) is 0 Å². The first-order chi connectivity index (χ1) is 7.92. The van der Waals surface area contributed by atoms with Gasteiger partial charge < -0.3 is 15.2 Å². The average molecular weight is 221 g/mol. The standard InChI is InChI=1S/C13H19NO2/c15-8-4-3-7-14-9-11-10-16-13-6-2-1-5-12(11)13/h1-2,5-6,11,14-15H,3-4,7-10H2. The Bertz CT molecular complexity index is 327. The van der Waals surface area contributed by atoms with Gasteiger partial charge in [0.1, 0.15) is 5.75 Å². The predicted octanol–water partition coefficient (Wildman–Crippen LogP) is 1.52. The van der Waals surface area contributed by atoms with Crippen LogP contribution in [0.4, 0.5) is 0 Å². The summed E-state index contributed by atoms with van der Waals surface area (Å²) < 4.78 is 5.61. The Kier molecular flexibility index (Phi) is 4.19. The molecule has 0 amide bonds. The lowest BCUT2D eigenvalue weighted by Gasteiger charge is -2.09. The van der Waals surface area contributed by atoms with E-state index in [0.29, 0.717) is 5.92 Å². The van der Waals surface area contributed by atoms with Crippen LogP contribution in [0.25, 0.3) is 0 Å². The fourth-order valence-corrected chi connectivity index (χ4v) is 2.04. The second kappa shape index (κ2) is 5.87. The largest absolute Gasteiger partial charge is 0.493 e. The van der Waals surface area contributed by atoms with Crippen molar-refractivity contribution in [2.24, 2.45) is 0 Å². The zero-order chi connectivity index (χ0) is 11.2. The number of fused-ring (bicyclic) bond motifs is 1. The highest BCUT2D eigenvalue weighted by molar-refractivity contribution is 5.39. The van der Waals surface area contributed by atoms with Crippen LogP contribution in [0.15, 0.2) is 24.3 Å². The number of para-hydroxylation sites is 1. The molecule has 3 heteroatoms. The van der Waals surface area contributed by atoms with Gasteiger partial charge in [-0.05, 0) is 25.5 Å². The third kappa shape index (κ3) is 2.74. The summed E-state index contributed by atoms with van der Waals surface area (Å²) in [6.45, 7) is 3.01. The van der Waals surface area contributed by atoms with E-state index in [9.17, 15) is 0 Å². The van der Waals surface area contributed by atoms with Crippen LogP contribution >= 0.6 is 0 Å². The zero-order valence-corrected chi connectivity index (χ0v) is 9.48. The normalized spacial score (nSPS) is 18.2. The molecule has 0 fully saturated rings. The fourth-order valence-electron chi connectivity index (χ4n) is 2.04. The predicted molar refractivity (Wildman–Crippen MR) is 63.9 cm³/mol. The highest BCUT2D eigenvalue weighted by Gasteiger charge is 2.22. The molecule has 2 N–H and O–H groups in total. The molecule has 16 heavy (non-hydrogen) atoms. The highest BCUT2D eigenvalue weighted by Crippen LogP contribution is 2.32. The summed E-state index contributed by atoms with van der Waals surface area (Å²) in [4.78, 5) is 0. The van der Waals surface area contributed by atoms with Crippen molar-refractivity contribution < 1.29 is 9.84 Å². The molecular weight excluding hydrogens is 202 g/mol. The average Bonchev–Trinajstić information content (AvgIpc) is 2.73. The Morgan fingerprint density at radius 1 is 1.31 bits per heavy atom. The van der Waals surface area contributed by atoms with E-state index in [1.807, 2.05) is 12.1 Å². The van der Waals surface area contributed by atoms with E-state index >= 15 is 0 Å². The van der Waals surface area contributed by atoms with Crippen molar-refractivity contribution >= 4 is 0 Å². The number of hydrogen-bond donors (Lipinski definition) is 2. The monoisotopic (exact) mass is 221 g/mol. The minimum atomic E-state index is 0.289. The maximum absolute atomic E-state index is 8.66. The molecule has 1 aliphatic rings. The molecule has 1 aromatic carbocycles. The van der Waals surface area contributed by atoms with Gasteiger partial charge in [0, 0.05) is 24.6 Å². The molecule has 3 nitrogen and oxygen atoms in total. The van der Waals surface area contributed by atoms with E-state index in [1.54, 1.807) is 0 Å². The van der Waals surface area contributed by atoms with Crippen LogP contribution < -0.4 is 10.1 Å². The minimum absolute atomic E-state index is 0.289. The summed E-state index contributed by atoms with van der Waals surface area (Å²) in [5.41, 5.74) is 1.32. The van der Waals surface area contributed by atoms with Gasteiger partial charge in [0.2, 0.25) is 0 Å². The molecule has 0 spiro atoms. The van der Waals surface area contributed by atoms with Crippen LogP contribution in [0, 0.1) is 0 Å². The molecule has 1 atom stereocenters. The van der Waals surface area contributed by atoms with Crippen molar-refractivity contribution in [2.45, 2.75) is 18.8 Å². The second-order valence-electron chi connectivity index (χ2n) is 4.18. The summed E-state index contributed by atoms with van der Waals surface area (Å²) in [7, 11) is 0. The topological polar surface area (TPSA) is 41.5 Å². The SMILES string of the molecule is OCCCCNCC1COc2ccccc21. The van der Waals surface area contributed by atoms with E-state index in [4.69, 9.17) is 9.84 Å². The maximum Gasteiger partial charge on any atom is 0.122 e. The van der Waals surface area contributed by atoms with E-state index in [2.05, 4.69) is 17.4 Å². The number of ether oxygens (including phenoxy) is 1. The Morgan fingerprint density at radius 3 is 3.06 bits per heavy atom. The first-order valence-electron chi connectivity index (χ1n) is 5.95. The number of rotatable bonds is 6. The molecule has 0 radical (unpaired) electrons. The van der Waals surface area contributed by atoms with Crippen molar-refractivity contribution in [1.82, 2.24) is 5.32 Å². The van der Waals surface area contributed by atoms with Gasteiger partial charge in [-0.25, -0.2) is 0 Å². The lowest BCUT2D eigenvalue weighted by Crippen LogP contribution is -2.23. The zero-order valence-electron chi connectivity index (χ0n) is 9.48. The van der Waals surface area contributed by atoms with E-state index < -0.39 is 0 Å². The summed E-state index contributed by atoms with van der Waals surface area (Å²) in [6, 6.07) is 8.24. The molecule has 1 unspecified atom stereocenters. The third-order valence-electron chi connectivity index (χ3n) is 2.95. The van der Waals surface area contributed by atoms with E-state index in [0.717, 1.165) is 38.3 Å². The number of hydrogen-bond acceptors (Lipinski definition) is 3. The van der Waals surface area contributed by atoms with Crippen LogP contribution in [0.2, 0.25) is 0 Å². The van der Waals surface area contributed by atoms with Crippen LogP contribution in [-0.2, 0) is 0 Å². The molecule has 2 rings (SSSR count). The van der Waals surface area contributed by atoms with E-state index in [-0.39, 0.29) is 6.61 Å². The van der Waals surface area contributed by atoms with Gasteiger partial charge in [0.25, 0.3) is 0 Å². The van der Waals surface area contributed by atoms with Gasteiger partial charge >= 0.3 is 0 Å². The molecule has 1 heterocycles. The smallest absolute Gasteiger partial charge is 0.122 e. The Morgan fingerprint density at radius 2 is 2.19 bits per heavy atom. The molecule has 88 valence electrons. The van der Waals surface area contributed by atoms with Gasteiger partial charge in [-0.2, -0.15) is 0 Å². The number of aliphatic hydroxyl groups excluding tert-OH is 1. The highest BCUT2D eigenvalue weighted by atomic mass is 16.5. The Labute approximate surface area is 96.4 Å². The first-order valence-corrected chi connectivity index (χ1v) is 5.95. The number of benzene rings is 1. The second-order valence-corrected chi connectivity index (χ2v) is 4.18.